The molecular formula is C9H18N2. The van der Waals surface area contributed by atoms with Crippen LogP contribution in [-0.4, -0.2) is 49.1 Å². The topological polar surface area (TPSA) is 6.48 Å². The molecule has 3 heterocycles. The second kappa shape index (κ2) is 2.46. The first-order chi connectivity index (χ1) is 5.23. The maximum Gasteiger partial charge on any atom is 0.0240 e. The van der Waals surface area contributed by atoms with Crippen LogP contribution in [0.25, 0.3) is 0 Å². The highest BCUT2D eigenvalue weighted by atomic mass is 15.2. The molecule has 3 rings (SSSR count). The van der Waals surface area contributed by atoms with E-state index in [-0.39, 0.29) is 0 Å². The summed E-state index contributed by atoms with van der Waals surface area (Å²) in [4.78, 5) is 5.04. The zero-order valence-electron chi connectivity index (χ0n) is 7.64. The van der Waals surface area contributed by atoms with Crippen molar-refractivity contribution < 1.29 is 0 Å². The molecule has 3 fully saturated rings. The molecule has 0 aromatic heterocycles. The summed E-state index contributed by atoms with van der Waals surface area (Å²) in [6.45, 7) is 3.99. The number of rotatable bonds is 1. The van der Waals surface area contributed by atoms with E-state index in [0.29, 0.717) is 5.54 Å². The van der Waals surface area contributed by atoms with Gasteiger partial charge in [-0.3, -0.25) is 0 Å². The van der Waals surface area contributed by atoms with Gasteiger partial charge in [0.15, 0.2) is 0 Å². The van der Waals surface area contributed by atoms with Gasteiger partial charge in [-0.2, -0.15) is 0 Å². The molecule has 3 saturated heterocycles. The van der Waals surface area contributed by atoms with E-state index in [1.807, 2.05) is 0 Å². The van der Waals surface area contributed by atoms with E-state index in [0.717, 1.165) is 0 Å². The van der Waals surface area contributed by atoms with Gasteiger partial charge in [0.1, 0.15) is 0 Å². The van der Waals surface area contributed by atoms with Crippen molar-refractivity contribution >= 4 is 0 Å². The first kappa shape index (κ1) is 7.56. The average molecular weight is 154 g/mol. The molecule has 0 spiro atoms. The summed E-state index contributed by atoms with van der Waals surface area (Å²) in [5.41, 5.74) is 0.578. The molecule has 3 aliphatic rings. The second-order valence-corrected chi connectivity index (χ2v) is 4.21. The van der Waals surface area contributed by atoms with Crippen LogP contribution in [0, 0.1) is 0 Å². The molecule has 0 radical (unpaired) electrons. The Morgan fingerprint density at radius 2 is 1.45 bits per heavy atom. The van der Waals surface area contributed by atoms with E-state index in [2.05, 4.69) is 23.9 Å². The van der Waals surface area contributed by atoms with Gasteiger partial charge in [-0.05, 0) is 53.0 Å². The van der Waals surface area contributed by atoms with E-state index in [1.165, 1.54) is 38.9 Å². The first-order valence-corrected chi connectivity index (χ1v) is 4.63. The van der Waals surface area contributed by atoms with E-state index < -0.39 is 0 Å². The molecular weight excluding hydrogens is 136 g/mol. The first-order valence-electron chi connectivity index (χ1n) is 4.63. The molecule has 2 nitrogen and oxygen atoms in total. The van der Waals surface area contributed by atoms with E-state index >= 15 is 0 Å². The lowest BCUT2D eigenvalue weighted by Gasteiger charge is -2.52. The van der Waals surface area contributed by atoms with Gasteiger partial charge in [-0.1, -0.05) is 0 Å². The molecule has 0 aromatic rings. The van der Waals surface area contributed by atoms with Crippen molar-refractivity contribution in [2.75, 3.05) is 33.7 Å². The highest BCUT2D eigenvalue weighted by Crippen LogP contribution is 2.35. The van der Waals surface area contributed by atoms with Crippen molar-refractivity contribution in [3.05, 3.63) is 0 Å². The highest BCUT2D eigenvalue weighted by Gasteiger charge is 2.40. The standard InChI is InChI=1S/C9H18N2/c1-10(2)9-3-6-11(7-4-9)8-5-9/h3-8H2,1-2H3. The Bertz CT molecular complexity index is 132. The second-order valence-electron chi connectivity index (χ2n) is 4.21. The fraction of sp³-hybridized carbons (Fsp3) is 1.00. The average Bonchev–Trinajstić information content (AvgIpc) is 2.08. The van der Waals surface area contributed by atoms with Crippen molar-refractivity contribution in [3.63, 3.8) is 0 Å². The minimum Gasteiger partial charge on any atom is -0.304 e. The van der Waals surface area contributed by atoms with Gasteiger partial charge in [0.25, 0.3) is 0 Å². The summed E-state index contributed by atoms with van der Waals surface area (Å²) in [6.07, 6.45) is 4.17. The Labute approximate surface area is 69.2 Å². The number of piperidine rings is 3. The highest BCUT2D eigenvalue weighted by molar-refractivity contribution is 4.98. The zero-order valence-corrected chi connectivity index (χ0v) is 7.64. The van der Waals surface area contributed by atoms with Crippen molar-refractivity contribution in [2.45, 2.75) is 24.8 Å². The van der Waals surface area contributed by atoms with Crippen LogP contribution in [0.5, 0.6) is 0 Å². The van der Waals surface area contributed by atoms with Gasteiger partial charge < -0.3 is 9.80 Å². The SMILES string of the molecule is CN(C)C12CCN(CC1)CC2. The summed E-state index contributed by atoms with van der Waals surface area (Å²) >= 11 is 0. The molecule has 11 heavy (non-hydrogen) atoms. The Balaban J connectivity index is 2.12. The third kappa shape index (κ3) is 1.09. The summed E-state index contributed by atoms with van der Waals surface area (Å²) in [5.74, 6) is 0. The number of hydrogen-bond donors (Lipinski definition) is 0. The fourth-order valence-corrected chi connectivity index (χ4v) is 2.48. The van der Waals surface area contributed by atoms with Crippen molar-refractivity contribution in [2.24, 2.45) is 0 Å². The largest absolute Gasteiger partial charge is 0.304 e. The van der Waals surface area contributed by atoms with Gasteiger partial charge in [0, 0.05) is 5.54 Å². The Morgan fingerprint density at radius 1 is 1.00 bits per heavy atom. The Kier molecular flexibility index (Phi) is 1.69. The van der Waals surface area contributed by atoms with Crippen LogP contribution in [0.4, 0.5) is 0 Å². The summed E-state index contributed by atoms with van der Waals surface area (Å²) in [7, 11) is 4.47. The van der Waals surface area contributed by atoms with E-state index in [4.69, 9.17) is 0 Å². The lowest BCUT2D eigenvalue weighted by Crippen LogP contribution is -2.58. The molecule has 0 aromatic carbocycles. The van der Waals surface area contributed by atoms with Gasteiger partial charge in [-0.15, -0.1) is 0 Å². The molecule has 64 valence electrons. The maximum absolute atomic E-state index is 2.59. The lowest BCUT2D eigenvalue weighted by atomic mass is 9.79. The molecule has 0 amide bonds. The molecule has 2 bridgehead atoms. The molecule has 0 atom stereocenters. The maximum atomic E-state index is 2.59. The predicted molar refractivity (Wildman–Crippen MR) is 46.7 cm³/mol. The molecule has 0 aliphatic carbocycles. The van der Waals surface area contributed by atoms with Crippen molar-refractivity contribution in [1.82, 2.24) is 9.80 Å². The van der Waals surface area contributed by atoms with Gasteiger partial charge >= 0.3 is 0 Å². The van der Waals surface area contributed by atoms with Crippen LogP contribution >= 0.6 is 0 Å². The monoisotopic (exact) mass is 154 g/mol. The quantitative estimate of drug-likeness (QED) is 0.551. The molecule has 2 heteroatoms. The minimum atomic E-state index is 0.578. The zero-order chi connectivity index (χ0) is 7.90. The van der Waals surface area contributed by atoms with Crippen LogP contribution in [0.2, 0.25) is 0 Å². The predicted octanol–water partition coefficient (Wildman–Crippen LogP) is 0.786. The molecule has 0 unspecified atom stereocenters. The molecule has 0 N–H and O–H groups in total. The van der Waals surface area contributed by atoms with Crippen LogP contribution in [0.1, 0.15) is 19.3 Å². The Hall–Kier alpha value is -0.0800. The van der Waals surface area contributed by atoms with E-state index in [9.17, 15) is 0 Å². The third-order valence-electron chi connectivity index (χ3n) is 3.63. The van der Waals surface area contributed by atoms with E-state index in [1.54, 1.807) is 0 Å². The molecule has 0 saturated carbocycles. The number of fused-ring (bicyclic) bond motifs is 3. The lowest BCUT2D eigenvalue weighted by molar-refractivity contribution is -0.00466. The van der Waals surface area contributed by atoms with Gasteiger partial charge in [0.2, 0.25) is 0 Å². The Morgan fingerprint density at radius 3 is 1.73 bits per heavy atom. The van der Waals surface area contributed by atoms with Crippen LogP contribution < -0.4 is 0 Å². The van der Waals surface area contributed by atoms with Crippen molar-refractivity contribution in [1.29, 1.82) is 0 Å². The molecule has 3 aliphatic heterocycles. The van der Waals surface area contributed by atoms with Crippen LogP contribution in [-0.2, 0) is 0 Å². The third-order valence-corrected chi connectivity index (χ3v) is 3.63. The summed E-state index contributed by atoms with van der Waals surface area (Å²) in [5, 5.41) is 0. The number of hydrogen-bond acceptors (Lipinski definition) is 2. The minimum absolute atomic E-state index is 0.578. The van der Waals surface area contributed by atoms with Crippen molar-refractivity contribution in [3.8, 4) is 0 Å². The summed E-state index contributed by atoms with van der Waals surface area (Å²) in [6, 6.07) is 0. The summed E-state index contributed by atoms with van der Waals surface area (Å²) < 4.78 is 0. The van der Waals surface area contributed by atoms with Gasteiger partial charge in [0.05, 0.1) is 0 Å². The van der Waals surface area contributed by atoms with Gasteiger partial charge in [-0.25, -0.2) is 0 Å². The number of nitrogens with zero attached hydrogens (tertiary/aromatic N) is 2. The fourth-order valence-electron chi connectivity index (χ4n) is 2.48. The normalized spacial score (nSPS) is 43.4. The van der Waals surface area contributed by atoms with Crippen LogP contribution in [0.3, 0.4) is 0 Å². The van der Waals surface area contributed by atoms with Crippen LogP contribution in [0.15, 0.2) is 0 Å². The smallest absolute Gasteiger partial charge is 0.0240 e.